The van der Waals surface area contributed by atoms with Gasteiger partial charge in [-0.1, -0.05) is 0 Å². The summed E-state index contributed by atoms with van der Waals surface area (Å²) >= 11 is 0. The van der Waals surface area contributed by atoms with E-state index in [1.165, 1.54) is 6.42 Å². The highest BCUT2D eigenvalue weighted by Gasteiger charge is 2.38. The van der Waals surface area contributed by atoms with Crippen LogP contribution in [-0.4, -0.2) is 71.7 Å². The molecular formula is C15H25N5O2. The molecule has 3 rings (SSSR count). The van der Waals surface area contributed by atoms with Crippen molar-refractivity contribution < 1.29 is 9.53 Å². The number of amides is 2. The second-order valence-corrected chi connectivity index (χ2v) is 6.32. The first kappa shape index (κ1) is 15.3. The standard InChI is InChI=1S/C15H25N5O2/c1-19-8-9-20(10-12(19)13-16-6-7-17-13)14(21)18-11-15(22-2)4-3-5-15/h6-7,12H,3-5,8-11H2,1-2H3,(H,16,17)(H,18,21)/t12-/m0/s1. The number of ether oxygens (including phenoxy) is 1. The van der Waals surface area contributed by atoms with Crippen molar-refractivity contribution in [2.75, 3.05) is 40.3 Å². The van der Waals surface area contributed by atoms with Crippen molar-refractivity contribution >= 4 is 6.03 Å². The van der Waals surface area contributed by atoms with Gasteiger partial charge in [0.2, 0.25) is 0 Å². The molecule has 0 aromatic carbocycles. The third-order valence-corrected chi connectivity index (χ3v) is 5.03. The maximum atomic E-state index is 12.4. The molecule has 7 heteroatoms. The van der Waals surface area contributed by atoms with Crippen LogP contribution in [0.2, 0.25) is 0 Å². The largest absolute Gasteiger partial charge is 0.376 e. The van der Waals surface area contributed by atoms with Crippen LogP contribution >= 0.6 is 0 Å². The smallest absolute Gasteiger partial charge is 0.317 e. The maximum Gasteiger partial charge on any atom is 0.317 e. The zero-order valence-corrected chi connectivity index (χ0v) is 13.3. The molecule has 2 aliphatic rings. The van der Waals surface area contributed by atoms with E-state index in [1.807, 2.05) is 11.1 Å². The van der Waals surface area contributed by atoms with E-state index >= 15 is 0 Å². The lowest BCUT2D eigenvalue weighted by atomic mass is 9.80. The van der Waals surface area contributed by atoms with Crippen LogP contribution < -0.4 is 5.32 Å². The zero-order valence-electron chi connectivity index (χ0n) is 13.3. The Hall–Kier alpha value is -1.60. The summed E-state index contributed by atoms with van der Waals surface area (Å²) in [5.41, 5.74) is -0.136. The molecular weight excluding hydrogens is 282 g/mol. The van der Waals surface area contributed by atoms with E-state index in [0.717, 1.165) is 31.8 Å². The van der Waals surface area contributed by atoms with E-state index in [2.05, 4.69) is 27.2 Å². The van der Waals surface area contributed by atoms with Gasteiger partial charge in [0.05, 0.1) is 11.6 Å². The van der Waals surface area contributed by atoms with Crippen molar-refractivity contribution in [3.05, 3.63) is 18.2 Å². The molecule has 2 heterocycles. The van der Waals surface area contributed by atoms with Gasteiger partial charge in [-0.05, 0) is 26.3 Å². The predicted molar refractivity (Wildman–Crippen MR) is 82.5 cm³/mol. The minimum absolute atomic E-state index is 0.00650. The second-order valence-electron chi connectivity index (χ2n) is 6.32. The fourth-order valence-electron chi connectivity index (χ4n) is 3.19. The summed E-state index contributed by atoms with van der Waals surface area (Å²) in [5, 5.41) is 3.04. The quantitative estimate of drug-likeness (QED) is 0.869. The average molecular weight is 307 g/mol. The molecule has 7 nitrogen and oxygen atoms in total. The predicted octanol–water partition coefficient (Wildman–Crippen LogP) is 0.977. The van der Waals surface area contributed by atoms with Crippen LogP contribution in [0.1, 0.15) is 31.1 Å². The molecule has 0 radical (unpaired) electrons. The van der Waals surface area contributed by atoms with Gasteiger partial charge in [0.15, 0.2) is 0 Å². The summed E-state index contributed by atoms with van der Waals surface area (Å²) in [6.45, 7) is 2.82. The second kappa shape index (κ2) is 6.26. The van der Waals surface area contributed by atoms with Gasteiger partial charge in [-0.3, -0.25) is 4.90 Å². The molecule has 0 unspecified atom stereocenters. The number of imidazole rings is 1. The number of hydrogen-bond acceptors (Lipinski definition) is 4. The molecule has 1 aromatic heterocycles. The SMILES string of the molecule is COC1(CNC(=O)N2CCN(C)[C@H](c3ncc[nH]3)C2)CCC1. The van der Waals surface area contributed by atoms with Gasteiger partial charge in [0.25, 0.3) is 0 Å². The van der Waals surface area contributed by atoms with Gasteiger partial charge >= 0.3 is 6.03 Å². The fraction of sp³-hybridized carbons (Fsp3) is 0.733. The molecule has 1 aromatic rings. The van der Waals surface area contributed by atoms with Crippen molar-refractivity contribution in [3.8, 4) is 0 Å². The van der Waals surface area contributed by atoms with E-state index in [9.17, 15) is 4.79 Å². The van der Waals surface area contributed by atoms with Crippen LogP contribution in [0.25, 0.3) is 0 Å². The number of piperazine rings is 1. The fourth-order valence-corrected chi connectivity index (χ4v) is 3.19. The van der Waals surface area contributed by atoms with Gasteiger partial charge in [-0.15, -0.1) is 0 Å². The summed E-state index contributed by atoms with van der Waals surface area (Å²) in [7, 11) is 3.80. The van der Waals surface area contributed by atoms with Crippen molar-refractivity contribution in [3.63, 3.8) is 0 Å². The maximum absolute atomic E-state index is 12.4. The van der Waals surface area contributed by atoms with E-state index in [0.29, 0.717) is 13.1 Å². The number of nitrogens with one attached hydrogen (secondary N) is 2. The van der Waals surface area contributed by atoms with Crippen molar-refractivity contribution in [1.29, 1.82) is 0 Å². The van der Waals surface area contributed by atoms with Gasteiger partial charge in [0.1, 0.15) is 5.82 Å². The number of urea groups is 1. The number of methoxy groups -OCH3 is 1. The molecule has 0 bridgehead atoms. The Balaban J connectivity index is 1.56. The first-order chi connectivity index (χ1) is 10.6. The molecule has 1 aliphatic carbocycles. The van der Waals surface area contributed by atoms with Crippen molar-refractivity contribution in [1.82, 2.24) is 25.1 Å². The van der Waals surface area contributed by atoms with E-state index in [-0.39, 0.29) is 17.7 Å². The van der Waals surface area contributed by atoms with Crippen LogP contribution in [-0.2, 0) is 4.74 Å². The van der Waals surface area contributed by atoms with Crippen LogP contribution in [0, 0.1) is 0 Å². The Kier molecular flexibility index (Phi) is 4.35. The van der Waals surface area contributed by atoms with E-state index in [1.54, 1.807) is 13.3 Å². The van der Waals surface area contributed by atoms with E-state index in [4.69, 9.17) is 4.74 Å². The van der Waals surface area contributed by atoms with Crippen LogP contribution in [0.4, 0.5) is 4.79 Å². The Morgan fingerprint density at radius 2 is 2.36 bits per heavy atom. The number of rotatable bonds is 4. The lowest BCUT2D eigenvalue weighted by Crippen LogP contribution is -2.56. The van der Waals surface area contributed by atoms with Gasteiger partial charge in [0, 0.05) is 45.7 Å². The van der Waals surface area contributed by atoms with Gasteiger partial charge < -0.3 is 19.9 Å². The number of aromatic nitrogens is 2. The lowest BCUT2D eigenvalue weighted by molar-refractivity contribution is -0.0681. The van der Waals surface area contributed by atoms with Crippen molar-refractivity contribution in [2.45, 2.75) is 30.9 Å². The van der Waals surface area contributed by atoms with Gasteiger partial charge in [-0.2, -0.15) is 0 Å². The highest BCUT2D eigenvalue weighted by molar-refractivity contribution is 5.74. The normalized spacial score (nSPS) is 24.8. The molecule has 1 aliphatic heterocycles. The summed E-state index contributed by atoms with van der Waals surface area (Å²) in [4.78, 5) is 24.0. The molecule has 2 N–H and O–H groups in total. The molecule has 2 fully saturated rings. The number of aromatic amines is 1. The highest BCUT2D eigenvalue weighted by atomic mass is 16.5. The number of nitrogens with zero attached hydrogens (tertiary/aromatic N) is 3. The summed E-state index contributed by atoms with van der Waals surface area (Å²) < 4.78 is 5.55. The summed E-state index contributed by atoms with van der Waals surface area (Å²) in [6, 6.07) is 0.113. The Morgan fingerprint density at radius 3 is 2.95 bits per heavy atom. The Labute approximate surface area is 131 Å². The molecule has 0 spiro atoms. The molecule has 2 amide bonds. The third-order valence-electron chi connectivity index (χ3n) is 5.03. The first-order valence-electron chi connectivity index (χ1n) is 7.91. The molecule has 1 saturated carbocycles. The third kappa shape index (κ3) is 2.96. The lowest BCUT2D eigenvalue weighted by Gasteiger charge is -2.42. The summed E-state index contributed by atoms with van der Waals surface area (Å²) in [6.07, 6.45) is 6.81. The number of H-pyrrole nitrogens is 1. The molecule has 22 heavy (non-hydrogen) atoms. The number of carbonyl (C=O) groups excluding carboxylic acids is 1. The summed E-state index contributed by atoms with van der Waals surface area (Å²) in [5.74, 6) is 0.910. The van der Waals surface area contributed by atoms with Gasteiger partial charge in [-0.25, -0.2) is 9.78 Å². The highest BCUT2D eigenvalue weighted by Crippen LogP contribution is 2.34. The van der Waals surface area contributed by atoms with Crippen LogP contribution in [0.5, 0.6) is 0 Å². The molecule has 1 saturated heterocycles. The van der Waals surface area contributed by atoms with E-state index < -0.39 is 0 Å². The topological polar surface area (TPSA) is 73.5 Å². The van der Waals surface area contributed by atoms with Crippen molar-refractivity contribution in [2.24, 2.45) is 0 Å². The number of likely N-dealkylation sites (N-methyl/N-ethyl adjacent to an activating group) is 1. The monoisotopic (exact) mass is 307 g/mol. The minimum atomic E-state index is -0.136. The first-order valence-corrected chi connectivity index (χ1v) is 7.91. The van der Waals surface area contributed by atoms with Crippen LogP contribution in [0.3, 0.4) is 0 Å². The Morgan fingerprint density at radius 1 is 1.55 bits per heavy atom. The molecule has 1 atom stereocenters. The minimum Gasteiger partial charge on any atom is -0.376 e. The molecule has 122 valence electrons. The zero-order chi connectivity index (χ0) is 15.6. The number of carbonyl (C=O) groups is 1. The number of hydrogen-bond donors (Lipinski definition) is 2. The average Bonchev–Trinajstić information content (AvgIpc) is 3.01. The van der Waals surface area contributed by atoms with Crippen LogP contribution in [0.15, 0.2) is 12.4 Å². The Bertz CT molecular complexity index is 495.